The molecule has 0 heterocycles. The van der Waals surface area contributed by atoms with Crippen LogP contribution in [0.15, 0.2) is 59.5 Å². The summed E-state index contributed by atoms with van der Waals surface area (Å²) in [6.45, 7) is 3.12. The van der Waals surface area contributed by atoms with Crippen LogP contribution in [0.3, 0.4) is 0 Å². The molecular formula is C20H27NO4S. The molecule has 0 saturated heterocycles. The zero-order chi connectivity index (χ0) is 18.8. The van der Waals surface area contributed by atoms with Gasteiger partial charge in [-0.15, -0.1) is 0 Å². The van der Waals surface area contributed by atoms with Gasteiger partial charge in [0.05, 0.1) is 18.1 Å². The molecular weight excluding hydrogens is 350 g/mol. The zero-order valence-corrected chi connectivity index (χ0v) is 16.2. The Morgan fingerprint density at radius 1 is 0.846 bits per heavy atom. The van der Waals surface area contributed by atoms with Crippen LogP contribution in [0.5, 0.6) is 11.5 Å². The summed E-state index contributed by atoms with van der Waals surface area (Å²) >= 11 is 0. The van der Waals surface area contributed by atoms with Crippen LogP contribution in [0.25, 0.3) is 0 Å². The van der Waals surface area contributed by atoms with Crippen molar-refractivity contribution in [2.45, 2.75) is 17.7 Å². The highest BCUT2D eigenvalue weighted by atomic mass is 32.2. The number of nitrogens with zero attached hydrogens (tertiary/aromatic N) is 1. The Balaban J connectivity index is 1.59. The Hall–Kier alpha value is -2.05. The van der Waals surface area contributed by atoms with Crippen molar-refractivity contribution in [2.24, 2.45) is 0 Å². The number of ether oxygens (including phenoxy) is 2. The van der Waals surface area contributed by atoms with Crippen LogP contribution in [0.1, 0.15) is 12.8 Å². The van der Waals surface area contributed by atoms with Crippen LogP contribution in [-0.2, 0) is 9.84 Å². The second kappa shape index (κ2) is 10.2. The monoisotopic (exact) mass is 377 g/mol. The number of hydrogen-bond acceptors (Lipinski definition) is 5. The summed E-state index contributed by atoms with van der Waals surface area (Å²) in [5.41, 5.74) is 0. The summed E-state index contributed by atoms with van der Waals surface area (Å²) in [4.78, 5) is 2.52. The van der Waals surface area contributed by atoms with E-state index in [1.54, 1.807) is 24.3 Å². The van der Waals surface area contributed by atoms with Gasteiger partial charge in [-0.25, -0.2) is 8.42 Å². The van der Waals surface area contributed by atoms with Crippen LogP contribution in [0.2, 0.25) is 0 Å². The normalized spacial score (nSPS) is 11.5. The van der Waals surface area contributed by atoms with E-state index in [9.17, 15) is 8.42 Å². The molecule has 2 rings (SSSR count). The highest BCUT2D eigenvalue weighted by molar-refractivity contribution is 7.90. The van der Waals surface area contributed by atoms with Crippen LogP contribution in [0, 0.1) is 0 Å². The maximum absolute atomic E-state index is 11.5. The zero-order valence-electron chi connectivity index (χ0n) is 15.4. The van der Waals surface area contributed by atoms with Crippen LogP contribution < -0.4 is 9.47 Å². The van der Waals surface area contributed by atoms with Gasteiger partial charge in [-0.3, -0.25) is 0 Å². The first kappa shape index (κ1) is 20.3. The molecule has 0 aromatic heterocycles. The lowest BCUT2D eigenvalue weighted by Crippen LogP contribution is -2.23. The molecule has 0 bridgehead atoms. The van der Waals surface area contributed by atoms with Gasteiger partial charge in [0, 0.05) is 19.3 Å². The molecule has 0 fully saturated rings. The minimum absolute atomic E-state index is 0.283. The molecule has 0 aliphatic heterocycles. The van der Waals surface area contributed by atoms with E-state index in [1.165, 1.54) is 6.26 Å². The highest BCUT2D eigenvalue weighted by Gasteiger charge is 2.07. The fraction of sp³-hybridized carbons (Fsp3) is 0.400. The third kappa shape index (κ3) is 7.45. The first-order chi connectivity index (χ1) is 12.4. The van der Waals surface area contributed by atoms with E-state index in [0.29, 0.717) is 19.0 Å². The SMILES string of the molecule is CN(CCCOc1ccccc1)CCCOc1cccc(S(C)(=O)=O)c1. The van der Waals surface area contributed by atoms with Crippen LogP contribution in [0.4, 0.5) is 0 Å². The summed E-state index contributed by atoms with van der Waals surface area (Å²) in [5.74, 6) is 1.49. The molecule has 0 unspecified atom stereocenters. The van der Waals surface area contributed by atoms with Gasteiger partial charge in [-0.2, -0.15) is 0 Å². The molecule has 0 spiro atoms. The summed E-state index contributed by atoms with van der Waals surface area (Å²) in [6, 6.07) is 16.4. The van der Waals surface area contributed by atoms with E-state index in [-0.39, 0.29) is 4.90 Å². The lowest BCUT2D eigenvalue weighted by molar-refractivity contribution is 0.239. The van der Waals surface area contributed by atoms with Crippen LogP contribution >= 0.6 is 0 Å². The Labute approximate surface area is 156 Å². The van der Waals surface area contributed by atoms with E-state index >= 15 is 0 Å². The average Bonchev–Trinajstić information content (AvgIpc) is 2.63. The second-order valence-corrected chi connectivity index (χ2v) is 8.28. The van der Waals surface area contributed by atoms with E-state index < -0.39 is 9.84 Å². The van der Waals surface area contributed by atoms with Gasteiger partial charge in [0.25, 0.3) is 0 Å². The van der Waals surface area contributed by atoms with E-state index in [1.807, 2.05) is 30.3 Å². The predicted molar refractivity (Wildman–Crippen MR) is 104 cm³/mol. The molecule has 2 aromatic rings. The van der Waals surface area contributed by atoms with Crippen molar-refractivity contribution in [1.82, 2.24) is 4.90 Å². The average molecular weight is 378 g/mol. The lowest BCUT2D eigenvalue weighted by atomic mass is 10.3. The maximum Gasteiger partial charge on any atom is 0.175 e. The Morgan fingerprint density at radius 2 is 1.42 bits per heavy atom. The van der Waals surface area contributed by atoms with Gasteiger partial charge in [-0.1, -0.05) is 24.3 Å². The van der Waals surface area contributed by atoms with Crippen molar-refractivity contribution in [3.63, 3.8) is 0 Å². The molecule has 0 saturated carbocycles. The molecule has 0 radical (unpaired) electrons. The van der Waals surface area contributed by atoms with Gasteiger partial charge in [0.1, 0.15) is 11.5 Å². The van der Waals surface area contributed by atoms with Crippen molar-refractivity contribution >= 4 is 9.84 Å². The third-order valence-electron chi connectivity index (χ3n) is 3.88. The van der Waals surface area contributed by atoms with E-state index in [0.717, 1.165) is 31.7 Å². The number of para-hydroxylation sites is 1. The van der Waals surface area contributed by atoms with E-state index in [4.69, 9.17) is 9.47 Å². The van der Waals surface area contributed by atoms with Gasteiger partial charge < -0.3 is 14.4 Å². The van der Waals surface area contributed by atoms with E-state index in [2.05, 4.69) is 11.9 Å². The Bertz CT molecular complexity index is 762. The lowest BCUT2D eigenvalue weighted by Gasteiger charge is -2.17. The maximum atomic E-state index is 11.5. The first-order valence-electron chi connectivity index (χ1n) is 8.74. The molecule has 2 aromatic carbocycles. The van der Waals surface area contributed by atoms with Crippen molar-refractivity contribution < 1.29 is 17.9 Å². The third-order valence-corrected chi connectivity index (χ3v) is 4.99. The van der Waals surface area contributed by atoms with Crippen molar-refractivity contribution in [3.8, 4) is 11.5 Å². The minimum Gasteiger partial charge on any atom is -0.494 e. The number of rotatable bonds is 11. The minimum atomic E-state index is -3.20. The number of benzene rings is 2. The molecule has 0 aliphatic carbocycles. The largest absolute Gasteiger partial charge is 0.494 e. The smallest absolute Gasteiger partial charge is 0.175 e. The fourth-order valence-electron chi connectivity index (χ4n) is 2.47. The quantitative estimate of drug-likeness (QED) is 0.563. The topological polar surface area (TPSA) is 55.8 Å². The standard InChI is InChI=1S/C20H27NO4S/c1-21(13-7-15-24-18-9-4-3-5-10-18)14-8-16-25-19-11-6-12-20(17-19)26(2,22)23/h3-6,9-12,17H,7-8,13-16H2,1-2H3. The van der Waals surface area contributed by atoms with Gasteiger partial charge in [0.15, 0.2) is 9.84 Å². The molecule has 0 amide bonds. The van der Waals surface area contributed by atoms with Crippen molar-refractivity contribution in [2.75, 3.05) is 39.6 Å². The number of sulfone groups is 1. The highest BCUT2D eigenvalue weighted by Crippen LogP contribution is 2.17. The van der Waals surface area contributed by atoms with Gasteiger partial charge in [-0.05, 0) is 50.2 Å². The molecule has 0 atom stereocenters. The number of hydrogen-bond donors (Lipinski definition) is 0. The van der Waals surface area contributed by atoms with Crippen molar-refractivity contribution in [1.29, 1.82) is 0 Å². The molecule has 0 N–H and O–H groups in total. The summed E-state index contributed by atoms with van der Waals surface area (Å²) in [6.07, 6.45) is 3.03. The van der Waals surface area contributed by atoms with Crippen LogP contribution in [-0.4, -0.2) is 52.9 Å². The predicted octanol–water partition coefficient (Wildman–Crippen LogP) is 3.26. The Kier molecular flexibility index (Phi) is 7.94. The second-order valence-electron chi connectivity index (χ2n) is 6.27. The Morgan fingerprint density at radius 3 is 2.04 bits per heavy atom. The summed E-state index contributed by atoms with van der Waals surface area (Å²) in [7, 11) is -1.13. The molecule has 142 valence electrons. The molecule has 0 aliphatic rings. The fourth-order valence-corrected chi connectivity index (χ4v) is 3.13. The molecule has 26 heavy (non-hydrogen) atoms. The summed E-state index contributed by atoms with van der Waals surface area (Å²) < 4.78 is 34.4. The van der Waals surface area contributed by atoms with Crippen molar-refractivity contribution in [3.05, 3.63) is 54.6 Å². The first-order valence-corrected chi connectivity index (χ1v) is 10.6. The van der Waals surface area contributed by atoms with Gasteiger partial charge in [0.2, 0.25) is 0 Å². The van der Waals surface area contributed by atoms with Gasteiger partial charge >= 0.3 is 0 Å². The molecule has 6 heteroatoms. The summed E-state index contributed by atoms with van der Waals surface area (Å²) in [5, 5.41) is 0. The molecule has 5 nitrogen and oxygen atoms in total.